The number of allylic oxidation sites excluding steroid dienone is 1. The van der Waals surface area contributed by atoms with Crippen molar-refractivity contribution in [3.05, 3.63) is 12.2 Å². The van der Waals surface area contributed by atoms with Crippen LogP contribution >= 0.6 is 0 Å². The molecule has 1 heterocycles. The van der Waals surface area contributed by atoms with Gasteiger partial charge in [-0.15, -0.1) is 0 Å². The van der Waals surface area contributed by atoms with Crippen molar-refractivity contribution in [2.24, 2.45) is 17.3 Å². The zero-order chi connectivity index (χ0) is 9.05. The molecule has 0 radical (unpaired) electrons. The first kappa shape index (κ1) is 7.60. The van der Waals surface area contributed by atoms with Crippen LogP contribution in [0.3, 0.4) is 0 Å². The highest BCUT2D eigenvalue weighted by molar-refractivity contribution is 5.73. The SMILES string of the molecule is C=C1CC2CC1C1(COC(=O)C1)C2. The molecule has 13 heavy (non-hydrogen) atoms. The summed E-state index contributed by atoms with van der Waals surface area (Å²) >= 11 is 0. The summed E-state index contributed by atoms with van der Waals surface area (Å²) in [4.78, 5) is 11.1. The topological polar surface area (TPSA) is 26.3 Å². The van der Waals surface area contributed by atoms with Crippen molar-refractivity contribution in [3.8, 4) is 0 Å². The molecule has 1 saturated heterocycles. The standard InChI is InChI=1S/C11H14O2/c1-7-2-8-3-9(7)11(4-8)5-10(12)13-6-11/h8-9H,1-6H2. The minimum absolute atomic E-state index is 0.000324. The van der Waals surface area contributed by atoms with Gasteiger partial charge >= 0.3 is 5.97 Å². The third-order valence-electron chi connectivity index (χ3n) is 4.06. The number of carbonyl (C=O) groups is 1. The molecular weight excluding hydrogens is 164 g/mol. The highest BCUT2D eigenvalue weighted by Crippen LogP contribution is 2.61. The maximum atomic E-state index is 11.1. The fraction of sp³-hybridized carbons (Fsp3) is 0.727. The normalized spacial score (nSPS) is 47.7. The van der Waals surface area contributed by atoms with Crippen molar-refractivity contribution in [1.82, 2.24) is 0 Å². The van der Waals surface area contributed by atoms with Crippen molar-refractivity contribution >= 4 is 5.97 Å². The van der Waals surface area contributed by atoms with Crippen molar-refractivity contribution in [3.63, 3.8) is 0 Å². The van der Waals surface area contributed by atoms with Gasteiger partial charge in [-0.3, -0.25) is 4.79 Å². The summed E-state index contributed by atoms with van der Waals surface area (Å²) in [5, 5.41) is 0. The summed E-state index contributed by atoms with van der Waals surface area (Å²) < 4.78 is 5.11. The molecule has 3 fully saturated rings. The van der Waals surface area contributed by atoms with Gasteiger partial charge in [-0.1, -0.05) is 12.2 Å². The first-order valence-electron chi connectivity index (χ1n) is 5.03. The van der Waals surface area contributed by atoms with Gasteiger partial charge in [-0.05, 0) is 31.1 Å². The lowest BCUT2D eigenvalue weighted by Crippen LogP contribution is -2.29. The van der Waals surface area contributed by atoms with E-state index in [1.165, 1.54) is 24.8 Å². The first-order valence-corrected chi connectivity index (χ1v) is 5.03. The van der Waals surface area contributed by atoms with E-state index in [9.17, 15) is 4.79 Å². The highest BCUT2D eigenvalue weighted by Gasteiger charge is 2.56. The van der Waals surface area contributed by atoms with Crippen LogP contribution < -0.4 is 0 Å². The van der Waals surface area contributed by atoms with Crippen LogP contribution in [0, 0.1) is 17.3 Å². The third-order valence-corrected chi connectivity index (χ3v) is 4.06. The predicted octanol–water partition coefficient (Wildman–Crippen LogP) is 1.91. The Morgan fingerprint density at radius 3 is 2.92 bits per heavy atom. The smallest absolute Gasteiger partial charge is 0.306 e. The van der Waals surface area contributed by atoms with E-state index in [-0.39, 0.29) is 11.4 Å². The Morgan fingerprint density at radius 1 is 1.54 bits per heavy atom. The predicted molar refractivity (Wildman–Crippen MR) is 48.0 cm³/mol. The molecule has 70 valence electrons. The number of fused-ring (bicyclic) bond motifs is 3. The average Bonchev–Trinajstić information content (AvgIpc) is 2.66. The second-order valence-electron chi connectivity index (χ2n) is 4.92. The van der Waals surface area contributed by atoms with Crippen molar-refractivity contribution in [2.75, 3.05) is 6.61 Å². The van der Waals surface area contributed by atoms with Gasteiger partial charge in [0.1, 0.15) is 0 Å². The van der Waals surface area contributed by atoms with Gasteiger partial charge in [0.15, 0.2) is 0 Å². The molecule has 0 amide bonds. The monoisotopic (exact) mass is 178 g/mol. The van der Waals surface area contributed by atoms with Crippen LogP contribution in [0.5, 0.6) is 0 Å². The molecule has 0 N–H and O–H groups in total. The van der Waals surface area contributed by atoms with E-state index in [1.54, 1.807) is 0 Å². The molecule has 1 spiro atoms. The van der Waals surface area contributed by atoms with Gasteiger partial charge in [-0.2, -0.15) is 0 Å². The molecule has 3 rings (SSSR count). The van der Waals surface area contributed by atoms with Crippen molar-refractivity contribution < 1.29 is 9.53 Å². The van der Waals surface area contributed by atoms with Crippen LogP contribution in [0.25, 0.3) is 0 Å². The van der Waals surface area contributed by atoms with Gasteiger partial charge < -0.3 is 4.74 Å². The van der Waals surface area contributed by atoms with E-state index < -0.39 is 0 Å². The summed E-state index contributed by atoms with van der Waals surface area (Å²) in [7, 11) is 0. The second kappa shape index (κ2) is 2.17. The zero-order valence-corrected chi connectivity index (χ0v) is 7.71. The van der Waals surface area contributed by atoms with Gasteiger partial charge in [-0.25, -0.2) is 0 Å². The molecule has 3 atom stereocenters. The largest absolute Gasteiger partial charge is 0.465 e. The lowest BCUT2D eigenvalue weighted by Gasteiger charge is -2.31. The first-order chi connectivity index (χ1) is 6.20. The van der Waals surface area contributed by atoms with Gasteiger partial charge in [0, 0.05) is 5.41 Å². The summed E-state index contributed by atoms with van der Waals surface area (Å²) in [5.41, 5.74) is 1.55. The maximum Gasteiger partial charge on any atom is 0.306 e. The zero-order valence-electron chi connectivity index (χ0n) is 7.71. The molecule has 0 aromatic carbocycles. The lowest BCUT2D eigenvalue weighted by atomic mass is 9.71. The average molecular weight is 178 g/mol. The van der Waals surface area contributed by atoms with Crippen LogP contribution in [-0.2, 0) is 9.53 Å². The minimum Gasteiger partial charge on any atom is -0.465 e. The number of hydrogen-bond acceptors (Lipinski definition) is 2. The number of esters is 1. The molecule has 0 aromatic heterocycles. The molecule has 2 aliphatic carbocycles. The van der Waals surface area contributed by atoms with Gasteiger partial charge in [0.25, 0.3) is 0 Å². The highest BCUT2D eigenvalue weighted by atomic mass is 16.5. The number of rotatable bonds is 0. The minimum atomic E-state index is 0.000324. The number of carbonyl (C=O) groups excluding carboxylic acids is 1. The second-order valence-corrected chi connectivity index (χ2v) is 4.92. The van der Waals surface area contributed by atoms with Gasteiger partial charge in [0.2, 0.25) is 0 Å². The molecule has 0 aromatic rings. The van der Waals surface area contributed by atoms with Crippen molar-refractivity contribution in [1.29, 1.82) is 0 Å². The molecule has 1 aliphatic heterocycles. The van der Waals surface area contributed by atoms with Crippen LogP contribution in [0.1, 0.15) is 25.7 Å². The van der Waals surface area contributed by atoms with Crippen molar-refractivity contribution in [2.45, 2.75) is 25.7 Å². The third kappa shape index (κ3) is 0.862. The van der Waals surface area contributed by atoms with Crippen LogP contribution in [0.15, 0.2) is 12.2 Å². The molecule has 3 unspecified atom stereocenters. The Labute approximate surface area is 78.0 Å². The fourth-order valence-corrected chi connectivity index (χ4v) is 3.62. The molecule has 2 heteroatoms. The Kier molecular flexibility index (Phi) is 1.27. The number of ether oxygens (including phenoxy) is 1. The molecule has 3 aliphatic rings. The maximum absolute atomic E-state index is 11.1. The quantitative estimate of drug-likeness (QED) is 0.418. The molecule has 2 saturated carbocycles. The molecule has 2 bridgehead atoms. The number of cyclic esters (lactones) is 1. The summed E-state index contributed by atoms with van der Waals surface area (Å²) in [6.45, 7) is 4.77. The Balaban J connectivity index is 1.94. The van der Waals surface area contributed by atoms with E-state index >= 15 is 0 Å². The molecule has 2 nitrogen and oxygen atoms in total. The van der Waals surface area contributed by atoms with Gasteiger partial charge in [0.05, 0.1) is 13.0 Å². The van der Waals surface area contributed by atoms with E-state index in [1.807, 2.05) is 0 Å². The molecular formula is C11H14O2. The summed E-state index contributed by atoms with van der Waals surface area (Å²) in [6.07, 6.45) is 4.30. The fourth-order valence-electron chi connectivity index (χ4n) is 3.62. The van der Waals surface area contributed by atoms with E-state index in [4.69, 9.17) is 4.74 Å². The Morgan fingerprint density at radius 2 is 2.38 bits per heavy atom. The van der Waals surface area contributed by atoms with Crippen LogP contribution in [-0.4, -0.2) is 12.6 Å². The Bertz CT molecular complexity index is 294. The summed E-state index contributed by atoms with van der Waals surface area (Å²) in [6, 6.07) is 0. The Hall–Kier alpha value is -0.790. The summed E-state index contributed by atoms with van der Waals surface area (Å²) in [5.74, 6) is 1.39. The van der Waals surface area contributed by atoms with E-state index in [0.717, 1.165) is 5.92 Å². The van der Waals surface area contributed by atoms with Crippen LogP contribution in [0.2, 0.25) is 0 Å². The lowest BCUT2D eigenvalue weighted by molar-refractivity contribution is -0.137. The van der Waals surface area contributed by atoms with E-state index in [2.05, 4.69) is 6.58 Å². The number of hydrogen-bond donors (Lipinski definition) is 0. The van der Waals surface area contributed by atoms with E-state index in [0.29, 0.717) is 18.9 Å². The van der Waals surface area contributed by atoms with Crippen LogP contribution in [0.4, 0.5) is 0 Å².